The van der Waals surface area contributed by atoms with E-state index in [-0.39, 0.29) is 6.07 Å². The zero-order valence-electron chi connectivity index (χ0n) is 9.74. The average Bonchev–Trinajstić information content (AvgIpc) is 2.26. The summed E-state index contributed by atoms with van der Waals surface area (Å²) in [7, 11) is -4.56. The molecular weight excluding hydrogens is 306 g/mol. The molecule has 112 valence electrons. The molecule has 0 aromatic heterocycles. The van der Waals surface area contributed by atoms with Crippen LogP contribution in [0.4, 0.5) is 17.6 Å². The van der Waals surface area contributed by atoms with Crippen LogP contribution < -0.4 is 4.72 Å². The fraction of sp³-hybridized carbons (Fsp3) is 0.300. The first-order valence-corrected chi connectivity index (χ1v) is 6.60. The monoisotopic (exact) mass is 315 g/mol. The summed E-state index contributed by atoms with van der Waals surface area (Å²) in [5.74, 6) is -2.67. The van der Waals surface area contributed by atoms with Gasteiger partial charge in [0.1, 0.15) is 10.7 Å². The lowest BCUT2D eigenvalue weighted by Crippen LogP contribution is -2.27. The lowest BCUT2D eigenvalue weighted by atomic mass is 10.2. The second-order valence-corrected chi connectivity index (χ2v) is 5.42. The topological polar surface area (TPSA) is 83.5 Å². The Morgan fingerprint density at radius 1 is 1.30 bits per heavy atom. The van der Waals surface area contributed by atoms with E-state index in [4.69, 9.17) is 5.11 Å². The van der Waals surface area contributed by atoms with Crippen LogP contribution in [-0.4, -0.2) is 26.0 Å². The molecule has 0 amide bonds. The molecule has 0 spiro atoms. The van der Waals surface area contributed by atoms with Crippen LogP contribution >= 0.6 is 0 Å². The molecule has 0 heterocycles. The van der Waals surface area contributed by atoms with Crippen molar-refractivity contribution >= 4 is 16.0 Å². The van der Waals surface area contributed by atoms with Gasteiger partial charge in [-0.3, -0.25) is 4.79 Å². The molecule has 0 radical (unpaired) electrons. The number of halogens is 4. The Balaban J connectivity index is 3.08. The van der Waals surface area contributed by atoms with Gasteiger partial charge in [0.05, 0.1) is 12.0 Å². The predicted molar refractivity (Wildman–Crippen MR) is 58.8 cm³/mol. The van der Waals surface area contributed by atoms with Gasteiger partial charge in [-0.05, 0) is 18.2 Å². The van der Waals surface area contributed by atoms with Gasteiger partial charge in [0.15, 0.2) is 0 Å². The van der Waals surface area contributed by atoms with Crippen LogP contribution in [0.15, 0.2) is 23.1 Å². The third-order valence-electron chi connectivity index (χ3n) is 2.18. The number of rotatable bonds is 5. The molecule has 2 N–H and O–H groups in total. The van der Waals surface area contributed by atoms with Crippen molar-refractivity contribution in [2.24, 2.45) is 0 Å². The maximum absolute atomic E-state index is 13.3. The minimum absolute atomic E-state index is 0.151. The Bertz CT molecular complexity index is 612. The van der Waals surface area contributed by atoms with Gasteiger partial charge < -0.3 is 5.11 Å². The highest BCUT2D eigenvalue weighted by atomic mass is 32.2. The lowest BCUT2D eigenvalue weighted by molar-refractivity contribution is -0.138. The molecule has 0 bridgehead atoms. The number of alkyl halides is 3. The molecule has 0 saturated carbocycles. The molecule has 0 aliphatic heterocycles. The summed E-state index contributed by atoms with van der Waals surface area (Å²) in [5.41, 5.74) is -1.32. The first-order valence-electron chi connectivity index (χ1n) is 5.12. The fourth-order valence-electron chi connectivity index (χ4n) is 1.26. The van der Waals surface area contributed by atoms with Crippen molar-refractivity contribution in [3.63, 3.8) is 0 Å². The zero-order chi connectivity index (χ0) is 15.6. The van der Waals surface area contributed by atoms with Crippen LogP contribution in [0.3, 0.4) is 0 Å². The van der Waals surface area contributed by atoms with Gasteiger partial charge in [0.25, 0.3) is 0 Å². The van der Waals surface area contributed by atoms with Gasteiger partial charge in [0, 0.05) is 6.54 Å². The summed E-state index contributed by atoms with van der Waals surface area (Å²) in [4.78, 5) is 9.03. The van der Waals surface area contributed by atoms with Crippen LogP contribution in [-0.2, 0) is 21.0 Å². The van der Waals surface area contributed by atoms with Gasteiger partial charge in [-0.15, -0.1) is 0 Å². The molecule has 20 heavy (non-hydrogen) atoms. The molecule has 1 aromatic rings. The highest BCUT2D eigenvalue weighted by molar-refractivity contribution is 7.89. The molecule has 1 aromatic carbocycles. The highest BCUT2D eigenvalue weighted by Gasteiger charge is 2.33. The van der Waals surface area contributed by atoms with Crippen LogP contribution in [0, 0.1) is 5.82 Å². The van der Waals surface area contributed by atoms with Crippen molar-refractivity contribution in [1.82, 2.24) is 4.72 Å². The number of hydrogen-bond acceptors (Lipinski definition) is 3. The van der Waals surface area contributed by atoms with Crippen LogP contribution in [0.2, 0.25) is 0 Å². The summed E-state index contributed by atoms with van der Waals surface area (Å²) in [5, 5.41) is 8.33. The second-order valence-electron chi connectivity index (χ2n) is 3.68. The molecule has 1 rings (SSSR count). The minimum Gasteiger partial charge on any atom is -0.481 e. The van der Waals surface area contributed by atoms with Crippen molar-refractivity contribution in [3.05, 3.63) is 29.6 Å². The van der Waals surface area contributed by atoms with E-state index < -0.39 is 51.4 Å². The molecule has 0 saturated heterocycles. The second kappa shape index (κ2) is 5.75. The molecule has 10 heteroatoms. The number of sulfonamides is 1. The fourth-order valence-corrected chi connectivity index (χ4v) is 2.39. The van der Waals surface area contributed by atoms with Gasteiger partial charge in [-0.2, -0.15) is 13.2 Å². The van der Waals surface area contributed by atoms with Crippen molar-refractivity contribution in [2.45, 2.75) is 17.5 Å². The number of benzene rings is 1. The summed E-state index contributed by atoms with van der Waals surface area (Å²) >= 11 is 0. The number of hydrogen-bond donors (Lipinski definition) is 2. The van der Waals surface area contributed by atoms with Crippen molar-refractivity contribution in [3.8, 4) is 0 Å². The third-order valence-corrected chi connectivity index (χ3v) is 3.66. The van der Waals surface area contributed by atoms with Crippen LogP contribution in [0.5, 0.6) is 0 Å². The van der Waals surface area contributed by atoms with Crippen molar-refractivity contribution in [1.29, 1.82) is 0 Å². The third kappa shape index (κ3) is 4.17. The number of nitrogens with one attached hydrogen (secondary N) is 1. The van der Waals surface area contributed by atoms with Gasteiger partial charge >= 0.3 is 12.1 Å². The van der Waals surface area contributed by atoms with Crippen molar-refractivity contribution < 1.29 is 35.9 Å². The quantitative estimate of drug-likeness (QED) is 0.808. The smallest absolute Gasteiger partial charge is 0.416 e. The standard InChI is InChI=1S/C10H9F4NO4S/c11-7-2-1-6(10(12,13)14)5-8(7)20(18,19)15-4-3-9(16)17/h1-2,5,15H,3-4H2,(H,16,17). The van der Waals surface area contributed by atoms with E-state index in [9.17, 15) is 30.8 Å². The number of carbonyl (C=O) groups is 1. The Morgan fingerprint density at radius 2 is 1.90 bits per heavy atom. The Kier molecular flexibility index (Phi) is 4.71. The summed E-state index contributed by atoms with van der Waals surface area (Å²) in [6.45, 7) is -0.562. The first-order chi connectivity index (χ1) is 9.04. The molecule has 0 fully saturated rings. The predicted octanol–water partition coefficient (Wildman–Crippen LogP) is 1.60. The first kappa shape index (κ1) is 16.4. The van der Waals surface area contributed by atoms with E-state index in [2.05, 4.69) is 0 Å². The molecule has 0 aliphatic carbocycles. The van der Waals surface area contributed by atoms with Crippen molar-refractivity contribution in [2.75, 3.05) is 6.54 Å². The molecule has 0 aliphatic rings. The number of carboxylic acid groups (broad SMARTS) is 1. The zero-order valence-corrected chi connectivity index (χ0v) is 10.6. The van der Waals surface area contributed by atoms with Gasteiger partial charge in [-0.1, -0.05) is 0 Å². The van der Waals surface area contributed by atoms with E-state index >= 15 is 0 Å². The molecule has 0 atom stereocenters. The largest absolute Gasteiger partial charge is 0.481 e. The maximum Gasteiger partial charge on any atom is 0.416 e. The summed E-state index contributed by atoms with van der Waals surface area (Å²) in [6, 6.07) is 0.943. The Morgan fingerprint density at radius 3 is 2.40 bits per heavy atom. The van der Waals surface area contributed by atoms with E-state index in [0.29, 0.717) is 12.1 Å². The minimum atomic E-state index is -4.82. The molecule has 5 nitrogen and oxygen atoms in total. The normalized spacial score (nSPS) is 12.4. The van der Waals surface area contributed by atoms with E-state index in [1.165, 1.54) is 0 Å². The van der Waals surface area contributed by atoms with E-state index in [0.717, 1.165) is 0 Å². The van der Waals surface area contributed by atoms with Crippen LogP contribution in [0.1, 0.15) is 12.0 Å². The summed E-state index contributed by atoms with van der Waals surface area (Å²) < 4.78 is 75.5. The van der Waals surface area contributed by atoms with Gasteiger partial charge in [-0.25, -0.2) is 17.5 Å². The lowest BCUT2D eigenvalue weighted by Gasteiger charge is -2.10. The van der Waals surface area contributed by atoms with E-state index in [1.807, 2.05) is 0 Å². The number of aliphatic carboxylic acids is 1. The maximum atomic E-state index is 13.3. The number of carboxylic acids is 1. The van der Waals surface area contributed by atoms with E-state index in [1.54, 1.807) is 4.72 Å². The molecular formula is C10H9F4NO4S. The average molecular weight is 315 g/mol. The highest BCUT2D eigenvalue weighted by Crippen LogP contribution is 2.31. The molecule has 0 unspecified atom stereocenters. The van der Waals surface area contributed by atoms with Crippen LogP contribution in [0.25, 0.3) is 0 Å². The SMILES string of the molecule is O=C(O)CCNS(=O)(=O)c1cc(C(F)(F)F)ccc1F. The summed E-state index contributed by atoms with van der Waals surface area (Å²) in [6.07, 6.45) is -5.40. The Labute approximate surface area is 111 Å². The van der Waals surface area contributed by atoms with Gasteiger partial charge in [0.2, 0.25) is 10.0 Å². The Hall–Kier alpha value is -1.68.